The molecule has 0 saturated carbocycles. The largest absolute Gasteiger partial charge is 0.433 e. The molecule has 1 atom stereocenters. The summed E-state index contributed by atoms with van der Waals surface area (Å²) in [5.74, 6) is -1.18. The van der Waals surface area contributed by atoms with Crippen molar-refractivity contribution in [2.75, 3.05) is 12.0 Å². The zero-order valence-corrected chi connectivity index (χ0v) is 9.06. The van der Waals surface area contributed by atoms with Crippen LogP contribution in [0.25, 0.3) is 0 Å². The fourth-order valence-electron chi connectivity index (χ4n) is 0.685. The van der Waals surface area contributed by atoms with Gasteiger partial charge < -0.3 is 15.6 Å². The van der Waals surface area contributed by atoms with Gasteiger partial charge in [0.15, 0.2) is 0 Å². The van der Waals surface area contributed by atoms with Gasteiger partial charge in [0.1, 0.15) is 6.04 Å². The van der Waals surface area contributed by atoms with Gasteiger partial charge in [-0.1, -0.05) is 0 Å². The molecule has 0 aromatic carbocycles. The van der Waals surface area contributed by atoms with E-state index in [4.69, 9.17) is 10.8 Å². The highest BCUT2D eigenvalue weighted by Crippen LogP contribution is 2.07. The highest BCUT2D eigenvalue weighted by Gasteiger charge is 2.22. The van der Waals surface area contributed by atoms with Crippen molar-refractivity contribution >= 4 is 17.7 Å². The zero-order valence-electron chi connectivity index (χ0n) is 8.24. The smallest absolute Gasteiger partial charge is 0.325 e. The van der Waals surface area contributed by atoms with Crippen molar-refractivity contribution in [3.05, 3.63) is 0 Å². The Morgan fingerprint density at radius 1 is 1.69 bits per heavy atom. The van der Waals surface area contributed by atoms with E-state index in [1.807, 2.05) is 6.26 Å². The fraction of sp³-hybridized carbons (Fsp3) is 0.875. The number of esters is 1. The lowest BCUT2D eigenvalue weighted by Gasteiger charge is -2.20. The Kier molecular flexibility index (Phi) is 5.36. The summed E-state index contributed by atoms with van der Waals surface area (Å²) in [6.45, 7) is 2.79. The van der Waals surface area contributed by atoms with Crippen LogP contribution in [0.2, 0.25) is 0 Å². The van der Waals surface area contributed by atoms with Crippen LogP contribution in [0.4, 0.5) is 0 Å². The molecule has 0 aromatic rings. The predicted octanol–water partition coefficient (Wildman–Crippen LogP) is 0.338. The van der Waals surface area contributed by atoms with Gasteiger partial charge in [0, 0.05) is 13.8 Å². The van der Waals surface area contributed by atoms with Crippen LogP contribution in [-0.4, -0.2) is 34.9 Å². The van der Waals surface area contributed by atoms with E-state index in [9.17, 15) is 4.79 Å². The summed E-state index contributed by atoms with van der Waals surface area (Å²) < 4.78 is 4.68. The number of thioether (sulfide) groups is 1. The van der Waals surface area contributed by atoms with Crippen molar-refractivity contribution in [2.45, 2.75) is 32.1 Å². The van der Waals surface area contributed by atoms with Crippen LogP contribution in [0, 0.1) is 0 Å². The van der Waals surface area contributed by atoms with E-state index in [2.05, 4.69) is 4.74 Å². The van der Waals surface area contributed by atoms with Crippen LogP contribution >= 0.6 is 11.8 Å². The molecule has 13 heavy (non-hydrogen) atoms. The Labute approximate surface area is 82.8 Å². The molecular weight excluding hydrogens is 190 g/mol. The van der Waals surface area contributed by atoms with E-state index >= 15 is 0 Å². The van der Waals surface area contributed by atoms with Crippen LogP contribution < -0.4 is 5.73 Å². The third-order valence-corrected chi connectivity index (χ3v) is 1.93. The second kappa shape index (κ2) is 5.47. The Morgan fingerprint density at radius 2 is 2.23 bits per heavy atom. The first-order valence-electron chi connectivity index (χ1n) is 4.06. The Balaban J connectivity index is 3.83. The highest BCUT2D eigenvalue weighted by atomic mass is 32.2. The van der Waals surface area contributed by atoms with Gasteiger partial charge in [0.05, 0.1) is 0 Å². The van der Waals surface area contributed by atoms with Gasteiger partial charge in [-0.15, -0.1) is 0 Å². The van der Waals surface area contributed by atoms with E-state index in [1.54, 1.807) is 11.8 Å². The summed E-state index contributed by atoms with van der Waals surface area (Å²) in [5.41, 5.74) is 5.51. The minimum absolute atomic E-state index is 0.554. The van der Waals surface area contributed by atoms with Gasteiger partial charge in [-0.2, -0.15) is 11.8 Å². The Hall–Kier alpha value is -0.260. The number of hydrogen-bond donors (Lipinski definition) is 2. The van der Waals surface area contributed by atoms with E-state index < -0.39 is 17.8 Å². The molecule has 0 heterocycles. The maximum absolute atomic E-state index is 11.1. The van der Waals surface area contributed by atoms with E-state index in [1.165, 1.54) is 13.8 Å². The summed E-state index contributed by atoms with van der Waals surface area (Å²) in [5, 5.41) is 9.16. The number of rotatable bonds is 5. The number of carbonyl (C=O) groups excluding carboxylic acids is 1. The molecule has 0 radical (unpaired) electrons. The SMILES string of the molecule is CSCC[C@H](N)C(=O)OC(C)(C)O. The molecule has 5 heteroatoms. The molecule has 0 fully saturated rings. The summed E-state index contributed by atoms with van der Waals surface area (Å²) in [6.07, 6.45) is 2.50. The van der Waals surface area contributed by atoms with Crippen LogP contribution in [-0.2, 0) is 9.53 Å². The molecule has 0 rings (SSSR count). The fourth-order valence-corrected chi connectivity index (χ4v) is 1.17. The van der Waals surface area contributed by atoms with Crippen molar-refractivity contribution in [2.24, 2.45) is 5.73 Å². The lowest BCUT2D eigenvalue weighted by atomic mass is 10.2. The first kappa shape index (κ1) is 12.7. The van der Waals surface area contributed by atoms with Crippen molar-refractivity contribution < 1.29 is 14.6 Å². The maximum Gasteiger partial charge on any atom is 0.325 e. The minimum Gasteiger partial charge on any atom is -0.433 e. The third-order valence-electron chi connectivity index (χ3n) is 1.29. The number of ether oxygens (including phenoxy) is 1. The number of carbonyl (C=O) groups is 1. The second-order valence-electron chi connectivity index (χ2n) is 3.26. The molecule has 3 N–H and O–H groups in total. The molecule has 0 spiro atoms. The van der Waals surface area contributed by atoms with Crippen molar-refractivity contribution in [3.63, 3.8) is 0 Å². The highest BCUT2D eigenvalue weighted by molar-refractivity contribution is 7.98. The number of nitrogens with two attached hydrogens (primary N) is 1. The van der Waals surface area contributed by atoms with E-state index in [-0.39, 0.29) is 0 Å². The quantitative estimate of drug-likeness (QED) is 0.502. The molecular formula is C8H17NO3S. The molecule has 0 saturated heterocycles. The summed E-state index contributed by atoms with van der Waals surface area (Å²) in [4.78, 5) is 11.1. The first-order valence-corrected chi connectivity index (χ1v) is 5.46. The zero-order chi connectivity index (χ0) is 10.5. The molecule has 0 aliphatic heterocycles. The van der Waals surface area contributed by atoms with Gasteiger partial charge in [0.2, 0.25) is 5.79 Å². The average Bonchev–Trinajstić information content (AvgIpc) is 1.96. The minimum atomic E-state index is -1.44. The maximum atomic E-state index is 11.1. The summed E-state index contributed by atoms with van der Waals surface area (Å²) >= 11 is 1.62. The van der Waals surface area contributed by atoms with Gasteiger partial charge in [-0.3, -0.25) is 4.79 Å². The second-order valence-corrected chi connectivity index (χ2v) is 4.24. The van der Waals surface area contributed by atoms with E-state index in [0.29, 0.717) is 6.42 Å². The van der Waals surface area contributed by atoms with Crippen molar-refractivity contribution in [1.82, 2.24) is 0 Å². The molecule has 0 unspecified atom stereocenters. The number of hydrogen-bond acceptors (Lipinski definition) is 5. The average molecular weight is 207 g/mol. The monoisotopic (exact) mass is 207 g/mol. The van der Waals surface area contributed by atoms with Crippen LogP contribution in [0.1, 0.15) is 20.3 Å². The van der Waals surface area contributed by atoms with Gasteiger partial charge in [0.25, 0.3) is 0 Å². The molecule has 78 valence electrons. The van der Waals surface area contributed by atoms with Crippen LogP contribution in [0.3, 0.4) is 0 Å². The molecule has 0 bridgehead atoms. The first-order chi connectivity index (χ1) is 5.87. The van der Waals surface area contributed by atoms with Crippen molar-refractivity contribution in [1.29, 1.82) is 0 Å². The topological polar surface area (TPSA) is 72.6 Å². The van der Waals surface area contributed by atoms with Gasteiger partial charge >= 0.3 is 5.97 Å². The normalized spacial score (nSPS) is 13.9. The lowest BCUT2D eigenvalue weighted by Crippen LogP contribution is -2.38. The van der Waals surface area contributed by atoms with Crippen molar-refractivity contribution in [3.8, 4) is 0 Å². The Bertz CT molecular complexity index is 167. The molecule has 0 amide bonds. The lowest BCUT2D eigenvalue weighted by molar-refractivity contribution is -0.196. The van der Waals surface area contributed by atoms with E-state index in [0.717, 1.165) is 5.75 Å². The predicted molar refractivity (Wildman–Crippen MR) is 53.4 cm³/mol. The van der Waals surface area contributed by atoms with Crippen LogP contribution in [0.15, 0.2) is 0 Å². The Morgan fingerprint density at radius 3 is 2.62 bits per heavy atom. The molecule has 0 aliphatic rings. The third kappa shape index (κ3) is 6.86. The van der Waals surface area contributed by atoms with Gasteiger partial charge in [-0.05, 0) is 18.4 Å². The summed E-state index contributed by atoms with van der Waals surface area (Å²) in [6, 6.07) is -0.640. The number of aliphatic hydroxyl groups is 1. The molecule has 0 aliphatic carbocycles. The van der Waals surface area contributed by atoms with Crippen LogP contribution in [0.5, 0.6) is 0 Å². The molecule has 0 aromatic heterocycles. The van der Waals surface area contributed by atoms with Gasteiger partial charge in [-0.25, -0.2) is 0 Å². The summed E-state index contributed by atoms with van der Waals surface area (Å²) in [7, 11) is 0. The standard InChI is InChI=1S/C8H17NO3S/c1-8(2,11)12-7(10)6(9)4-5-13-3/h6,11H,4-5,9H2,1-3H3/t6-/m0/s1. The molecule has 4 nitrogen and oxygen atoms in total.